The van der Waals surface area contributed by atoms with E-state index in [9.17, 15) is 9.59 Å². The lowest BCUT2D eigenvalue weighted by atomic mass is 10.1. The van der Waals surface area contributed by atoms with Gasteiger partial charge in [-0.05, 0) is 13.3 Å². The van der Waals surface area contributed by atoms with Crippen molar-refractivity contribution in [3.8, 4) is 0 Å². The van der Waals surface area contributed by atoms with Gasteiger partial charge in [-0.3, -0.25) is 14.6 Å². The van der Waals surface area contributed by atoms with Crippen molar-refractivity contribution in [3.63, 3.8) is 0 Å². The first-order valence-electron chi connectivity index (χ1n) is 8.75. The lowest BCUT2D eigenvalue weighted by Crippen LogP contribution is -2.38. The topological polar surface area (TPSA) is 91.4 Å². The van der Waals surface area contributed by atoms with Gasteiger partial charge in [-0.25, -0.2) is 9.97 Å². The Balaban J connectivity index is 1.51. The molecule has 2 fully saturated rings. The van der Waals surface area contributed by atoms with Crippen molar-refractivity contribution < 1.29 is 9.53 Å². The Morgan fingerprint density at radius 2 is 2.15 bits per heavy atom. The molecule has 8 nitrogen and oxygen atoms in total. The summed E-state index contributed by atoms with van der Waals surface area (Å²) in [5.74, 6) is 0.693. The number of morpholine rings is 1. The molecule has 0 unspecified atom stereocenters. The number of aromatic nitrogens is 3. The van der Waals surface area contributed by atoms with E-state index in [1.807, 2.05) is 16.7 Å². The maximum Gasteiger partial charge on any atom is 0.265 e. The molecule has 0 aliphatic carbocycles. The van der Waals surface area contributed by atoms with Crippen LogP contribution in [-0.4, -0.2) is 65.2 Å². The smallest absolute Gasteiger partial charge is 0.265 e. The van der Waals surface area contributed by atoms with Crippen LogP contribution >= 0.6 is 11.3 Å². The summed E-state index contributed by atoms with van der Waals surface area (Å²) >= 11 is 1.37. The highest BCUT2D eigenvalue weighted by Gasteiger charge is 2.31. The molecule has 2 aromatic rings. The molecule has 2 aromatic heterocycles. The van der Waals surface area contributed by atoms with Crippen LogP contribution in [0.1, 0.15) is 33.4 Å². The van der Waals surface area contributed by atoms with Crippen LogP contribution in [0.5, 0.6) is 0 Å². The van der Waals surface area contributed by atoms with Crippen LogP contribution in [0, 0.1) is 6.92 Å². The third kappa shape index (κ3) is 3.36. The van der Waals surface area contributed by atoms with Gasteiger partial charge in [0.2, 0.25) is 5.95 Å². The minimum atomic E-state index is -0.153. The third-order valence-electron chi connectivity index (χ3n) is 4.89. The van der Waals surface area contributed by atoms with Gasteiger partial charge in [-0.2, -0.15) is 0 Å². The Morgan fingerprint density at radius 1 is 1.35 bits per heavy atom. The Morgan fingerprint density at radius 3 is 2.88 bits per heavy atom. The summed E-state index contributed by atoms with van der Waals surface area (Å²) in [6.07, 6.45) is 0.808. The third-order valence-corrected chi connectivity index (χ3v) is 5.81. The van der Waals surface area contributed by atoms with Gasteiger partial charge in [0.05, 0.1) is 30.1 Å². The number of likely N-dealkylation sites (tertiary alicyclic amines) is 1. The van der Waals surface area contributed by atoms with E-state index < -0.39 is 0 Å². The molecule has 1 N–H and O–H groups in total. The van der Waals surface area contributed by atoms with E-state index in [1.165, 1.54) is 11.3 Å². The number of nitrogens with zero attached hydrogens (tertiary/aromatic N) is 4. The number of H-pyrrole nitrogens is 1. The van der Waals surface area contributed by atoms with Crippen LogP contribution in [0.25, 0.3) is 0 Å². The highest BCUT2D eigenvalue weighted by atomic mass is 32.1. The van der Waals surface area contributed by atoms with Crippen LogP contribution < -0.4 is 10.5 Å². The molecule has 2 aliphatic rings. The molecule has 0 radical (unpaired) electrons. The maximum absolute atomic E-state index is 12.7. The first kappa shape index (κ1) is 17.2. The fourth-order valence-corrected chi connectivity index (χ4v) is 4.20. The van der Waals surface area contributed by atoms with Gasteiger partial charge in [0.15, 0.2) is 0 Å². The molecule has 4 rings (SSSR count). The molecular formula is C17H21N5O3S. The molecule has 26 heavy (non-hydrogen) atoms. The number of amides is 1. The van der Waals surface area contributed by atoms with E-state index in [2.05, 4.69) is 15.0 Å². The molecule has 0 aromatic carbocycles. The Labute approximate surface area is 154 Å². The molecule has 138 valence electrons. The lowest BCUT2D eigenvalue weighted by Gasteiger charge is -2.27. The number of carbonyl (C=O) groups excluding carboxylic acids is 1. The second-order valence-corrected chi connectivity index (χ2v) is 7.45. The molecule has 4 heterocycles. The minimum Gasteiger partial charge on any atom is -0.378 e. The SMILES string of the molecule is Cc1ncsc1C(=O)N1CC[C@H](c2cc(=O)[nH]c(N3CCOCC3)n2)C1. The van der Waals surface area contributed by atoms with Crippen LogP contribution in [0.2, 0.25) is 0 Å². The number of aryl methyl sites for hydroxylation is 1. The first-order chi connectivity index (χ1) is 12.6. The van der Waals surface area contributed by atoms with Gasteiger partial charge in [-0.1, -0.05) is 0 Å². The summed E-state index contributed by atoms with van der Waals surface area (Å²) in [6.45, 7) is 5.79. The molecule has 0 spiro atoms. The van der Waals surface area contributed by atoms with Crippen LogP contribution in [0.15, 0.2) is 16.4 Å². The van der Waals surface area contributed by atoms with Crippen molar-refractivity contribution in [1.29, 1.82) is 0 Å². The van der Waals surface area contributed by atoms with Gasteiger partial charge >= 0.3 is 0 Å². The van der Waals surface area contributed by atoms with E-state index >= 15 is 0 Å². The molecule has 1 amide bonds. The van der Waals surface area contributed by atoms with Crippen molar-refractivity contribution in [2.75, 3.05) is 44.3 Å². The highest BCUT2D eigenvalue weighted by molar-refractivity contribution is 7.11. The molecular weight excluding hydrogens is 354 g/mol. The lowest BCUT2D eigenvalue weighted by molar-refractivity contribution is 0.0794. The zero-order valence-corrected chi connectivity index (χ0v) is 15.4. The molecule has 0 bridgehead atoms. The quantitative estimate of drug-likeness (QED) is 0.861. The zero-order chi connectivity index (χ0) is 18.1. The van der Waals surface area contributed by atoms with Gasteiger partial charge in [0.25, 0.3) is 11.5 Å². The van der Waals surface area contributed by atoms with Crippen molar-refractivity contribution >= 4 is 23.2 Å². The summed E-state index contributed by atoms with van der Waals surface area (Å²) in [6, 6.07) is 1.56. The first-order valence-corrected chi connectivity index (χ1v) is 9.63. The normalized spacial score (nSPS) is 20.6. The number of carbonyl (C=O) groups is 1. The predicted octanol–water partition coefficient (Wildman–Crippen LogP) is 1.00. The number of rotatable bonds is 3. The standard InChI is InChI=1S/C17H21N5O3S/c1-11-15(26-10-18-11)16(24)22-3-2-12(9-22)13-8-14(23)20-17(19-13)21-4-6-25-7-5-21/h8,10,12H,2-7,9H2,1H3,(H,19,20,23)/t12-/m0/s1. The second kappa shape index (κ2) is 7.16. The summed E-state index contributed by atoms with van der Waals surface area (Å²) in [5.41, 5.74) is 3.07. The van der Waals surface area contributed by atoms with E-state index in [-0.39, 0.29) is 17.4 Å². The summed E-state index contributed by atoms with van der Waals surface area (Å²) in [5, 5.41) is 0. The van der Waals surface area contributed by atoms with Gasteiger partial charge in [0, 0.05) is 38.2 Å². The van der Waals surface area contributed by atoms with Crippen molar-refractivity contribution in [2.24, 2.45) is 0 Å². The monoisotopic (exact) mass is 375 g/mol. The molecule has 2 aliphatic heterocycles. The molecule has 2 saturated heterocycles. The Bertz CT molecular complexity index is 858. The fraction of sp³-hybridized carbons (Fsp3) is 0.529. The van der Waals surface area contributed by atoms with E-state index in [0.717, 1.165) is 17.8 Å². The van der Waals surface area contributed by atoms with Crippen molar-refractivity contribution in [1.82, 2.24) is 19.9 Å². The van der Waals surface area contributed by atoms with Crippen LogP contribution in [0.3, 0.4) is 0 Å². The Hall–Kier alpha value is -2.26. The van der Waals surface area contributed by atoms with Crippen molar-refractivity contribution in [3.05, 3.63) is 38.2 Å². The minimum absolute atomic E-state index is 0.0192. The molecule has 1 atom stereocenters. The Kier molecular flexibility index (Phi) is 4.73. The predicted molar refractivity (Wildman–Crippen MR) is 98.0 cm³/mol. The summed E-state index contributed by atoms with van der Waals surface area (Å²) in [4.78, 5) is 41.0. The van der Waals surface area contributed by atoms with Gasteiger partial charge < -0.3 is 14.5 Å². The van der Waals surface area contributed by atoms with E-state index in [1.54, 1.807) is 11.6 Å². The number of aromatic amines is 1. The average Bonchev–Trinajstić information content (AvgIpc) is 3.31. The molecule has 0 saturated carbocycles. The maximum atomic E-state index is 12.7. The zero-order valence-electron chi connectivity index (χ0n) is 14.6. The van der Waals surface area contributed by atoms with E-state index in [0.29, 0.717) is 50.2 Å². The average molecular weight is 375 g/mol. The number of thiazole rings is 1. The number of hydrogen-bond acceptors (Lipinski definition) is 7. The summed E-state index contributed by atoms with van der Waals surface area (Å²) < 4.78 is 5.36. The number of hydrogen-bond donors (Lipinski definition) is 1. The largest absolute Gasteiger partial charge is 0.378 e. The second-order valence-electron chi connectivity index (χ2n) is 6.60. The highest BCUT2D eigenvalue weighted by Crippen LogP contribution is 2.28. The van der Waals surface area contributed by atoms with Gasteiger partial charge in [0.1, 0.15) is 4.88 Å². The van der Waals surface area contributed by atoms with E-state index in [4.69, 9.17) is 4.74 Å². The number of nitrogens with one attached hydrogen (secondary N) is 1. The van der Waals surface area contributed by atoms with Crippen molar-refractivity contribution in [2.45, 2.75) is 19.3 Å². The van der Waals surface area contributed by atoms with Gasteiger partial charge in [-0.15, -0.1) is 11.3 Å². The molecule has 9 heteroatoms. The van der Waals surface area contributed by atoms with Crippen LogP contribution in [0.4, 0.5) is 5.95 Å². The number of ether oxygens (including phenoxy) is 1. The number of anilines is 1. The summed E-state index contributed by atoms with van der Waals surface area (Å²) in [7, 11) is 0. The van der Waals surface area contributed by atoms with Crippen LogP contribution in [-0.2, 0) is 4.74 Å². The fourth-order valence-electron chi connectivity index (χ4n) is 3.43.